The van der Waals surface area contributed by atoms with Gasteiger partial charge in [-0.15, -0.1) is 0 Å². The van der Waals surface area contributed by atoms with Crippen LogP contribution < -0.4 is 5.32 Å². The number of halogens is 2. The molecule has 0 fully saturated rings. The van der Waals surface area contributed by atoms with E-state index < -0.39 is 0 Å². The van der Waals surface area contributed by atoms with E-state index >= 15 is 0 Å². The lowest BCUT2D eigenvalue weighted by Crippen LogP contribution is -2.26. The van der Waals surface area contributed by atoms with Gasteiger partial charge in [0.2, 0.25) is 0 Å². The maximum absolute atomic E-state index is 4.42. The Kier molecular flexibility index (Phi) is 5.41. The minimum atomic E-state index is 0.162. The third kappa shape index (κ3) is 3.20. The van der Waals surface area contributed by atoms with Gasteiger partial charge in [0.05, 0.1) is 22.4 Å². The number of aromatic nitrogens is 2. The number of nitrogens with zero attached hydrogens (tertiary/aromatic N) is 2. The van der Waals surface area contributed by atoms with Crippen molar-refractivity contribution >= 4 is 38.5 Å². The maximum Gasteiger partial charge on any atom is 0.0770 e. The molecule has 1 N–H and O–H groups in total. The first-order valence-electron chi connectivity index (χ1n) is 6.38. The molecule has 5 heteroatoms. The summed E-state index contributed by atoms with van der Waals surface area (Å²) in [5, 5.41) is 7.98. The van der Waals surface area contributed by atoms with Crippen LogP contribution in [-0.2, 0) is 6.54 Å². The lowest BCUT2D eigenvalue weighted by molar-refractivity contribution is 0.539. The van der Waals surface area contributed by atoms with Crippen molar-refractivity contribution in [2.45, 2.75) is 26.4 Å². The fourth-order valence-corrected chi connectivity index (χ4v) is 3.40. The second-order valence-corrected chi connectivity index (χ2v) is 6.22. The Morgan fingerprint density at radius 3 is 2.74 bits per heavy atom. The second-order valence-electron chi connectivity index (χ2n) is 4.21. The first-order valence-corrected chi connectivity index (χ1v) is 8.25. The number of benzene rings is 1. The first kappa shape index (κ1) is 15.0. The predicted molar refractivity (Wildman–Crippen MR) is 90.3 cm³/mol. The highest BCUT2D eigenvalue weighted by Gasteiger charge is 2.22. The number of hydrogen-bond donors (Lipinski definition) is 1. The minimum absolute atomic E-state index is 0.162. The standard InChI is InChI=1S/C14H17BrIN3/c1-3-17-13(10-7-5-6-8-12(10)16)14-11(15)9-18-19(14)4-2/h5-9,13,17H,3-4H2,1-2H3. The maximum atomic E-state index is 4.42. The van der Waals surface area contributed by atoms with Crippen molar-refractivity contribution in [3.05, 3.63) is 49.8 Å². The molecule has 0 amide bonds. The number of rotatable bonds is 5. The molecular weight excluding hydrogens is 417 g/mol. The molecular formula is C14H17BrIN3. The van der Waals surface area contributed by atoms with E-state index in [1.54, 1.807) is 0 Å². The molecule has 0 aliphatic heterocycles. The van der Waals surface area contributed by atoms with Gasteiger partial charge < -0.3 is 5.32 Å². The molecule has 102 valence electrons. The van der Waals surface area contributed by atoms with Crippen LogP contribution in [0.3, 0.4) is 0 Å². The van der Waals surface area contributed by atoms with E-state index in [9.17, 15) is 0 Å². The van der Waals surface area contributed by atoms with Gasteiger partial charge in [0.15, 0.2) is 0 Å². The Balaban J connectivity index is 2.51. The molecule has 0 bridgehead atoms. The van der Waals surface area contributed by atoms with Gasteiger partial charge >= 0.3 is 0 Å². The SMILES string of the molecule is CCNC(c1ccccc1I)c1c(Br)cnn1CC. The van der Waals surface area contributed by atoms with Crippen molar-refractivity contribution in [1.29, 1.82) is 0 Å². The molecule has 0 radical (unpaired) electrons. The Bertz CT molecular complexity index is 553. The zero-order valence-corrected chi connectivity index (χ0v) is 14.8. The second kappa shape index (κ2) is 6.85. The van der Waals surface area contributed by atoms with Gasteiger partial charge in [0.25, 0.3) is 0 Å². The van der Waals surface area contributed by atoms with Crippen LogP contribution in [0.25, 0.3) is 0 Å². The number of hydrogen-bond acceptors (Lipinski definition) is 2. The van der Waals surface area contributed by atoms with Crippen molar-refractivity contribution < 1.29 is 0 Å². The van der Waals surface area contributed by atoms with Crippen LogP contribution in [0.15, 0.2) is 34.9 Å². The van der Waals surface area contributed by atoms with E-state index in [4.69, 9.17) is 0 Å². The molecule has 1 heterocycles. The summed E-state index contributed by atoms with van der Waals surface area (Å²) in [6.45, 7) is 6.02. The molecule has 0 aliphatic carbocycles. The van der Waals surface area contributed by atoms with Crippen LogP contribution in [0.2, 0.25) is 0 Å². The van der Waals surface area contributed by atoms with Gasteiger partial charge in [-0.3, -0.25) is 4.68 Å². The van der Waals surface area contributed by atoms with E-state index in [1.165, 1.54) is 14.8 Å². The highest BCUT2D eigenvalue weighted by atomic mass is 127. The summed E-state index contributed by atoms with van der Waals surface area (Å²) in [5.74, 6) is 0. The fraction of sp³-hybridized carbons (Fsp3) is 0.357. The summed E-state index contributed by atoms with van der Waals surface area (Å²) in [6.07, 6.45) is 1.87. The number of aryl methyl sites for hydroxylation is 1. The summed E-state index contributed by atoms with van der Waals surface area (Å²) in [7, 11) is 0. The van der Waals surface area contributed by atoms with Crippen LogP contribution in [0, 0.1) is 3.57 Å². The summed E-state index contributed by atoms with van der Waals surface area (Å²) >= 11 is 6.02. The van der Waals surface area contributed by atoms with Crippen LogP contribution >= 0.6 is 38.5 Å². The van der Waals surface area contributed by atoms with Crippen LogP contribution in [-0.4, -0.2) is 16.3 Å². The van der Waals surface area contributed by atoms with E-state index in [0.29, 0.717) is 0 Å². The molecule has 1 aromatic carbocycles. The normalized spacial score (nSPS) is 12.6. The van der Waals surface area contributed by atoms with Crippen molar-refractivity contribution in [2.24, 2.45) is 0 Å². The monoisotopic (exact) mass is 433 g/mol. The number of nitrogens with one attached hydrogen (secondary N) is 1. The summed E-state index contributed by atoms with van der Waals surface area (Å²) in [5.41, 5.74) is 2.48. The largest absolute Gasteiger partial charge is 0.305 e. The molecule has 19 heavy (non-hydrogen) atoms. The lowest BCUT2D eigenvalue weighted by Gasteiger charge is -2.21. The molecule has 1 atom stereocenters. The average molecular weight is 434 g/mol. The highest BCUT2D eigenvalue weighted by molar-refractivity contribution is 14.1. The quantitative estimate of drug-likeness (QED) is 0.723. The van der Waals surface area contributed by atoms with Crippen molar-refractivity contribution in [3.63, 3.8) is 0 Å². The molecule has 0 saturated heterocycles. The predicted octanol–water partition coefficient (Wildman–Crippen LogP) is 3.97. The molecule has 0 spiro atoms. The first-order chi connectivity index (χ1) is 9.19. The van der Waals surface area contributed by atoms with Crippen molar-refractivity contribution in [1.82, 2.24) is 15.1 Å². The van der Waals surface area contributed by atoms with Gasteiger partial charge in [-0.1, -0.05) is 25.1 Å². The van der Waals surface area contributed by atoms with E-state index in [-0.39, 0.29) is 6.04 Å². The molecule has 2 aromatic rings. The Morgan fingerprint density at radius 2 is 2.11 bits per heavy atom. The fourth-order valence-electron chi connectivity index (χ4n) is 2.18. The molecule has 1 aromatic heterocycles. The zero-order valence-electron chi connectivity index (χ0n) is 11.0. The minimum Gasteiger partial charge on any atom is -0.305 e. The average Bonchev–Trinajstić information content (AvgIpc) is 2.78. The zero-order chi connectivity index (χ0) is 13.8. The van der Waals surface area contributed by atoms with Gasteiger partial charge in [0, 0.05) is 10.1 Å². The van der Waals surface area contributed by atoms with Gasteiger partial charge in [-0.05, 0) is 63.6 Å². The Labute approximate surface area is 136 Å². The van der Waals surface area contributed by atoms with Crippen molar-refractivity contribution in [3.8, 4) is 0 Å². The molecule has 1 unspecified atom stereocenters. The summed E-state index contributed by atoms with van der Waals surface area (Å²) < 4.78 is 4.36. The molecule has 0 aliphatic rings. The van der Waals surface area contributed by atoms with Gasteiger partial charge in [0.1, 0.15) is 0 Å². The van der Waals surface area contributed by atoms with Crippen molar-refractivity contribution in [2.75, 3.05) is 6.54 Å². The smallest absolute Gasteiger partial charge is 0.0770 e. The van der Waals surface area contributed by atoms with Crippen LogP contribution in [0.1, 0.15) is 31.1 Å². The van der Waals surface area contributed by atoms with Gasteiger partial charge in [-0.25, -0.2) is 0 Å². The third-order valence-electron chi connectivity index (χ3n) is 3.03. The van der Waals surface area contributed by atoms with E-state index in [0.717, 1.165) is 17.6 Å². The Morgan fingerprint density at radius 1 is 1.37 bits per heavy atom. The molecule has 0 saturated carbocycles. The van der Waals surface area contributed by atoms with E-state index in [1.807, 2.05) is 10.9 Å². The molecule has 3 nitrogen and oxygen atoms in total. The topological polar surface area (TPSA) is 29.9 Å². The molecule has 2 rings (SSSR count). The third-order valence-corrected chi connectivity index (χ3v) is 4.62. The van der Waals surface area contributed by atoms with Gasteiger partial charge in [-0.2, -0.15) is 5.10 Å². The van der Waals surface area contributed by atoms with Crippen LogP contribution in [0.4, 0.5) is 0 Å². The summed E-state index contributed by atoms with van der Waals surface area (Å²) in [6, 6.07) is 8.63. The lowest BCUT2D eigenvalue weighted by atomic mass is 10.0. The van der Waals surface area contributed by atoms with E-state index in [2.05, 4.69) is 87.0 Å². The highest BCUT2D eigenvalue weighted by Crippen LogP contribution is 2.31. The van der Waals surface area contributed by atoms with Crippen LogP contribution in [0.5, 0.6) is 0 Å². The Hall–Kier alpha value is -0.400. The summed E-state index contributed by atoms with van der Waals surface area (Å²) in [4.78, 5) is 0.